The maximum absolute atomic E-state index is 13.1. The summed E-state index contributed by atoms with van der Waals surface area (Å²) in [6.45, 7) is 4.13. The Morgan fingerprint density at radius 2 is 1.89 bits per heavy atom. The number of ketones is 1. The van der Waals surface area contributed by atoms with Crippen LogP contribution in [0.15, 0.2) is 30.3 Å². The molecule has 1 aromatic carbocycles. The molecule has 1 heterocycles. The van der Waals surface area contributed by atoms with Crippen molar-refractivity contribution in [2.45, 2.75) is 70.6 Å². The van der Waals surface area contributed by atoms with Gasteiger partial charge in [-0.3, -0.25) is 14.4 Å². The zero-order valence-corrected chi connectivity index (χ0v) is 16.7. The average molecular weight is 386 g/mol. The van der Waals surface area contributed by atoms with Crippen molar-refractivity contribution in [3.05, 3.63) is 35.9 Å². The number of Topliss-reactive ketones (excluding diaryl/α,β-unsaturated/α-hetero) is 1. The van der Waals surface area contributed by atoms with Crippen LogP contribution < -0.4 is 10.6 Å². The molecule has 2 N–H and O–H groups in total. The van der Waals surface area contributed by atoms with Crippen molar-refractivity contribution < 1.29 is 19.1 Å². The first-order valence-corrected chi connectivity index (χ1v) is 10.2. The van der Waals surface area contributed by atoms with Crippen LogP contribution in [0.2, 0.25) is 0 Å². The molecule has 1 saturated carbocycles. The molecule has 0 radical (unpaired) electrons. The van der Waals surface area contributed by atoms with E-state index in [1.165, 1.54) is 0 Å². The number of carbonyl (C=O) groups is 3. The quantitative estimate of drug-likeness (QED) is 0.754. The number of hydrogen-bond donors (Lipinski definition) is 2. The smallest absolute Gasteiger partial charge is 0.251 e. The lowest BCUT2D eigenvalue weighted by Gasteiger charge is -2.30. The van der Waals surface area contributed by atoms with Crippen molar-refractivity contribution in [3.63, 3.8) is 0 Å². The van der Waals surface area contributed by atoms with Crippen molar-refractivity contribution in [1.29, 1.82) is 0 Å². The third-order valence-corrected chi connectivity index (χ3v) is 6.02. The normalized spacial score (nSPS) is 24.7. The van der Waals surface area contributed by atoms with Gasteiger partial charge in [0.15, 0.2) is 5.78 Å². The molecule has 1 aliphatic heterocycles. The SMILES string of the molecule is CC[C@@H]1OCC(=O)[C@H]1NC(=O)C(CC1(C)CCCC1)NC(=O)c1ccccc1. The van der Waals surface area contributed by atoms with Gasteiger partial charge in [-0.2, -0.15) is 0 Å². The van der Waals surface area contributed by atoms with Crippen molar-refractivity contribution in [3.8, 4) is 0 Å². The molecule has 3 rings (SSSR count). The van der Waals surface area contributed by atoms with Crippen LogP contribution in [0.3, 0.4) is 0 Å². The summed E-state index contributed by atoms with van der Waals surface area (Å²) in [4.78, 5) is 37.9. The van der Waals surface area contributed by atoms with E-state index >= 15 is 0 Å². The minimum atomic E-state index is -0.679. The van der Waals surface area contributed by atoms with E-state index < -0.39 is 12.1 Å². The van der Waals surface area contributed by atoms with Gasteiger partial charge in [0.1, 0.15) is 18.7 Å². The topological polar surface area (TPSA) is 84.5 Å². The Morgan fingerprint density at radius 1 is 1.21 bits per heavy atom. The molecule has 1 unspecified atom stereocenters. The van der Waals surface area contributed by atoms with Crippen molar-refractivity contribution >= 4 is 17.6 Å². The van der Waals surface area contributed by atoms with E-state index in [1.54, 1.807) is 24.3 Å². The van der Waals surface area contributed by atoms with Crippen LogP contribution in [0.25, 0.3) is 0 Å². The molecule has 2 amide bonds. The maximum Gasteiger partial charge on any atom is 0.251 e. The van der Waals surface area contributed by atoms with E-state index in [9.17, 15) is 14.4 Å². The van der Waals surface area contributed by atoms with E-state index in [1.807, 2.05) is 13.0 Å². The largest absolute Gasteiger partial charge is 0.368 e. The molecule has 2 fully saturated rings. The van der Waals surface area contributed by atoms with Gasteiger partial charge >= 0.3 is 0 Å². The van der Waals surface area contributed by atoms with Crippen LogP contribution in [0, 0.1) is 5.41 Å². The van der Waals surface area contributed by atoms with Gasteiger partial charge in [-0.05, 0) is 43.2 Å². The molecule has 1 aliphatic carbocycles. The highest BCUT2D eigenvalue weighted by Crippen LogP contribution is 2.41. The first-order chi connectivity index (χ1) is 13.4. The minimum Gasteiger partial charge on any atom is -0.368 e. The van der Waals surface area contributed by atoms with Gasteiger partial charge in [0.2, 0.25) is 5.91 Å². The number of benzene rings is 1. The minimum absolute atomic E-state index is 0.0202. The van der Waals surface area contributed by atoms with E-state index in [4.69, 9.17) is 4.74 Å². The second kappa shape index (κ2) is 8.86. The molecular formula is C22H30N2O4. The highest BCUT2D eigenvalue weighted by molar-refractivity contribution is 5.99. The Balaban J connectivity index is 1.74. The summed E-state index contributed by atoms with van der Waals surface area (Å²) >= 11 is 0. The highest BCUT2D eigenvalue weighted by Gasteiger charge is 2.39. The summed E-state index contributed by atoms with van der Waals surface area (Å²) in [7, 11) is 0. The maximum atomic E-state index is 13.1. The zero-order valence-electron chi connectivity index (χ0n) is 16.7. The van der Waals surface area contributed by atoms with Crippen LogP contribution in [0.4, 0.5) is 0 Å². The molecule has 0 spiro atoms. The number of amides is 2. The fourth-order valence-corrected chi connectivity index (χ4v) is 4.33. The van der Waals surface area contributed by atoms with Crippen molar-refractivity contribution in [2.75, 3.05) is 6.61 Å². The van der Waals surface area contributed by atoms with Crippen molar-refractivity contribution in [2.24, 2.45) is 5.41 Å². The summed E-state index contributed by atoms with van der Waals surface area (Å²) in [5, 5.41) is 5.75. The Labute approximate surface area is 166 Å². The molecule has 152 valence electrons. The summed E-state index contributed by atoms with van der Waals surface area (Å²) in [5.74, 6) is -0.691. The first kappa shape index (κ1) is 20.5. The second-order valence-corrected chi connectivity index (χ2v) is 8.32. The number of carbonyl (C=O) groups excluding carboxylic acids is 3. The summed E-state index contributed by atoms with van der Waals surface area (Å²) in [6.07, 6.45) is 5.28. The lowest BCUT2D eigenvalue weighted by Crippen LogP contribution is -2.54. The van der Waals surface area contributed by atoms with Crippen LogP contribution in [-0.4, -0.2) is 42.4 Å². The standard InChI is InChI=1S/C22H30N2O4/c1-3-18-19(17(25)14-28-18)24-21(27)16(13-22(2)11-7-8-12-22)23-20(26)15-9-5-4-6-10-15/h4-6,9-10,16,18-19H,3,7-8,11-14H2,1-2H3,(H,23,26)(H,24,27)/t16?,18-,19+/m0/s1. The number of rotatable bonds is 7. The third kappa shape index (κ3) is 4.79. The van der Waals surface area contributed by atoms with Gasteiger partial charge in [-0.1, -0.05) is 44.9 Å². The average Bonchev–Trinajstić information content (AvgIpc) is 3.28. The van der Waals surface area contributed by atoms with Gasteiger partial charge in [0.25, 0.3) is 5.91 Å². The van der Waals surface area contributed by atoms with E-state index in [0.29, 0.717) is 18.4 Å². The fourth-order valence-electron chi connectivity index (χ4n) is 4.33. The van der Waals surface area contributed by atoms with E-state index in [-0.39, 0.29) is 35.7 Å². The Kier molecular flexibility index (Phi) is 6.50. The van der Waals surface area contributed by atoms with Crippen LogP contribution in [0.1, 0.15) is 62.7 Å². The molecule has 1 saturated heterocycles. The molecule has 2 aliphatic rings. The van der Waals surface area contributed by atoms with E-state index in [0.717, 1.165) is 25.7 Å². The Bertz CT molecular complexity index is 713. The predicted octanol–water partition coefficient (Wildman–Crippen LogP) is 2.62. The highest BCUT2D eigenvalue weighted by atomic mass is 16.5. The molecule has 3 atom stereocenters. The molecule has 6 heteroatoms. The Morgan fingerprint density at radius 3 is 2.54 bits per heavy atom. The van der Waals surface area contributed by atoms with Gasteiger partial charge in [0.05, 0.1) is 6.10 Å². The van der Waals surface area contributed by atoms with Crippen LogP contribution in [0.5, 0.6) is 0 Å². The molecule has 1 aromatic rings. The van der Waals surface area contributed by atoms with Gasteiger partial charge in [-0.15, -0.1) is 0 Å². The molecule has 0 bridgehead atoms. The summed E-state index contributed by atoms with van der Waals surface area (Å²) in [5.41, 5.74) is 0.537. The predicted molar refractivity (Wildman–Crippen MR) is 106 cm³/mol. The van der Waals surface area contributed by atoms with Crippen LogP contribution in [-0.2, 0) is 14.3 Å². The lowest BCUT2D eigenvalue weighted by atomic mass is 9.81. The summed E-state index contributed by atoms with van der Waals surface area (Å²) < 4.78 is 5.46. The molecule has 28 heavy (non-hydrogen) atoms. The number of ether oxygens (including phenoxy) is 1. The number of nitrogens with one attached hydrogen (secondary N) is 2. The summed E-state index contributed by atoms with van der Waals surface area (Å²) in [6, 6.07) is 7.57. The molecular weight excluding hydrogens is 356 g/mol. The first-order valence-electron chi connectivity index (χ1n) is 10.2. The van der Waals surface area contributed by atoms with Gasteiger partial charge < -0.3 is 15.4 Å². The van der Waals surface area contributed by atoms with Gasteiger partial charge in [-0.25, -0.2) is 0 Å². The fraction of sp³-hybridized carbons (Fsp3) is 0.591. The zero-order chi connectivity index (χ0) is 20.1. The molecule has 0 aromatic heterocycles. The second-order valence-electron chi connectivity index (χ2n) is 8.32. The monoisotopic (exact) mass is 386 g/mol. The number of hydrogen-bond acceptors (Lipinski definition) is 4. The third-order valence-electron chi connectivity index (χ3n) is 6.02. The Hall–Kier alpha value is -2.21. The molecule has 6 nitrogen and oxygen atoms in total. The van der Waals surface area contributed by atoms with E-state index in [2.05, 4.69) is 17.6 Å². The van der Waals surface area contributed by atoms with Crippen LogP contribution >= 0.6 is 0 Å². The van der Waals surface area contributed by atoms with Crippen molar-refractivity contribution in [1.82, 2.24) is 10.6 Å². The van der Waals surface area contributed by atoms with Gasteiger partial charge in [0, 0.05) is 5.56 Å². The lowest BCUT2D eigenvalue weighted by molar-refractivity contribution is -0.128.